The third-order valence-corrected chi connectivity index (χ3v) is 3.86. The molecule has 28 heavy (non-hydrogen) atoms. The second-order valence-corrected chi connectivity index (χ2v) is 5.87. The number of benzene rings is 2. The molecule has 6 nitrogen and oxygen atoms in total. The predicted octanol–water partition coefficient (Wildman–Crippen LogP) is 3.23. The molecule has 1 heterocycles. The molecule has 0 radical (unpaired) electrons. The van der Waals surface area contributed by atoms with Crippen LogP contribution < -0.4 is 15.6 Å². The van der Waals surface area contributed by atoms with E-state index in [1.165, 1.54) is 18.5 Å². The predicted molar refractivity (Wildman–Crippen MR) is 100 cm³/mol. The summed E-state index contributed by atoms with van der Waals surface area (Å²) in [6.07, 6.45) is 1.26. The van der Waals surface area contributed by atoms with Gasteiger partial charge in [0.2, 0.25) is 5.91 Å². The zero-order valence-electron chi connectivity index (χ0n) is 15.0. The van der Waals surface area contributed by atoms with E-state index in [4.69, 9.17) is 4.74 Å². The molecule has 1 amide bonds. The van der Waals surface area contributed by atoms with E-state index < -0.39 is 23.1 Å². The zero-order valence-corrected chi connectivity index (χ0v) is 15.0. The number of carbonyl (C=O) groups excluding carboxylic acids is 1. The molecule has 0 fully saturated rings. The van der Waals surface area contributed by atoms with E-state index in [1.54, 1.807) is 24.3 Å². The van der Waals surface area contributed by atoms with Crippen LogP contribution in [0.3, 0.4) is 0 Å². The van der Waals surface area contributed by atoms with Crippen molar-refractivity contribution in [1.82, 2.24) is 9.55 Å². The van der Waals surface area contributed by atoms with Crippen LogP contribution >= 0.6 is 0 Å². The number of rotatable bonds is 6. The molecule has 0 spiro atoms. The molecule has 0 saturated heterocycles. The van der Waals surface area contributed by atoms with Crippen LogP contribution in [0.5, 0.6) is 5.75 Å². The van der Waals surface area contributed by atoms with Crippen molar-refractivity contribution in [3.8, 4) is 17.0 Å². The summed E-state index contributed by atoms with van der Waals surface area (Å²) in [4.78, 5) is 28.5. The maximum absolute atomic E-state index is 13.2. The van der Waals surface area contributed by atoms with E-state index in [0.29, 0.717) is 18.1 Å². The van der Waals surface area contributed by atoms with Crippen molar-refractivity contribution < 1.29 is 18.3 Å². The number of nitrogens with one attached hydrogen (secondary N) is 1. The van der Waals surface area contributed by atoms with Gasteiger partial charge < -0.3 is 10.1 Å². The normalized spacial score (nSPS) is 10.5. The Morgan fingerprint density at radius 3 is 2.50 bits per heavy atom. The Morgan fingerprint density at radius 2 is 1.86 bits per heavy atom. The molecule has 1 aromatic heterocycles. The van der Waals surface area contributed by atoms with Crippen LogP contribution in [0.2, 0.25) is 0 Å². The number of carbonyl (C=O) groups is 1. The molecule has 2 aromatic carbocycles. The first-order valence-corrected chi connectivity index (χ1v) is 8.51. The summed E-state index contributed by atoms with van der Waals surface area (Å²) >= 11 is 0. The summed E-state index contributed by atoms with van der Waals surface area (Å²) in [6.45, 7) is 2.13. The van der Waals surface area contributed by atoms with Crippen molar-refractivity contribution in [3.63, 3.8) is 0 Å². The fourth-order valence-electron chi connectivity index (χ4n) is 2.52. The second-order valence-electron chi connectivity index (χ2n) is 5.87. The first-order valence-electron chi connectivity index (χ1n) is 8.51. The lowest BCUT2D eigenvalue weighted by Crippen LogP contribution is -2.27. The molecule has 1 N–H and O–H groups in total. The number of aromatic nitrogens is 2. The lowest BCUT2D eigenvalue weighted by atomic mass is 10.1. The SMILES string of the molecule is CCOc1ccc(-c2cc(=O)n(CC(=O)Nc3ccc(F)c(F)c3)cn2)cc1. The Hall–Kier alpha value is -3.55. The molecule has 3 rings (SSSR count). The summed E-state index contributed by atoms with van der Waals surface area (Å²) in [5, 5.41) is 2.40. The third kappa shape index (κ3) is 4.59. The van der Waals surface area contributed by atoms with Gasteiger partial charge in [-0.2, -0.15) is 0 Å². The average molecular weight is 385 g/mol. The van der Waals surface area contributed by atoms with E-state index >= 15 is 0 Å². The molecule has 0 saturated carbocycles. The largest absolute Gasteiger partial charge is 0.494 e. The van der Waals surface area contributed by atoms with E-state index in [2.05, 4.69) is 10.3 Å². The van der Waals surface area contributed by atoms with Crippen LogP contribution in [0, 0.1) is 11.6 Å². The summed E-state index contributed by atoms with van der Waals surface area (Å²) in [5.41, 5.74) is 0.875. The molecule has 8 heteroatoms. The molecular formula is C20H17F2N3O3. The minimum Gasteiger partial charge on any atom is -0.494 e. The van der Waals surface area contributed by atoms with Gasteiger partial charge in [-0.15, -0.1) is 0 Å². The van der Waals surface area contributed by atoms with Gasteiger partial charge in [0.1, 0.15) is 12.3 Å². The van der Waals surface area contributed by atoms with Crippen LogP contribution in [0.15, 0.2) is 59.7 Å². The van der Waals surface area contributed by atoms with Crippen LogP contribution in [0.25, 0.3) is 11.3 Å². The van der Waals surface area contributed by atoms with Gasteiger partial charge in [0.05, 0.1) is 18.6 Å². The minimum atomic E-state index is -1.07. The molecule has 0 unspecified atom stereocenters. The van der Waals surface area contributed by atoms with Crippen molar-refractivity contribution in [2.45, 2.75) is 13.5 Å². The van der Waals surface area contributed by atoms with Crippen molar-refractivity contribution in [3.05, 3.63) is 76.8 Å². The van der Waals surface area contributed by atoms with Gasteiger partial charge in [-0.05, 0) is 43.3 Å². The summed E-state index contributed by atoms with van der Waals surface area (Å²) in [6, 6.07) is 11.4. The highest BCUT2D eigenvalue weighted by molar-refractivity contribution is 5.90. The van der Waals surface area contributed by atoms with Gasteiger partial charge in [-0.3, -0.25) is 14.2 Å². The van der Waals surface area contributed by atoms with Gasteiger partial charge in [0.25, 0.3) is 5.56 Å². The van der Waals surface area contributed by atoms with Crippen LogP contribution in [0.4, 0.5) is 14.5 Å². The van der Waals surface area contributed by atoms with Gasteiger partial charge in [-0.25, -0.2) is 13.8 Å². The highest BCUT2D eigenvalue weighted by Crippen LogP contribution is 2.19. The van der Waals surface area contributed by atoms with Gasteiger partial charge >= 0.3 is 0 Å². The lowest BCUT2D eigenvalue weighted by molar-refractivity contribution is -0.116. The molecule has 0 aliphatic rings. The van der Waals surface area contributed by atoms with Crippen LogP contribution in [-0.2, 0) is 11.3 Å². The number of ether oxygens (including phenoxy) is 1. The average Bonchev–Trinajstić information content (AvgIpc) is 2.67. The van der Waals surface area contributed by atoms with E-state index in [0.717, 1.165) is 22.3 Å². The van der Waals surface area contributed by atoms with Crippen molar-refractivity contribution >= 4 is 11.6 Å². The topological polar surface area (TPSA) is 73.2 Å². The highest BCUT2D eigenvalue weighted by atomic mass is 19.2. The number of hydrogen-bond acceptors (Lipinski definition) is 4. The quantitative estimate of drug-likeness (QED) is 0.707. The Morgan fingerprint density at radius 1 is 1.11 bits per heavy atom. The summed E-state index contributed by atoms with van der Waals surface area (Å²) in [7, 11) is 0. The molecule has 0 aliphatic carbocycles. The fourth-order valence-corrected chi connectivity index (χ4v) is 2.52. The Kier molecular flexibility index (Phi) is 5.78. The number of anilines is 1. The molecule has 0 aliphatic heterocycles. The highest BCUT2D eigenvalue weighted by Gasteiger charge is 2.09. The van der Waals surface area contributed by atoms with Crippen LogP contribution in [-0.4, -0.2) is 22.1 Å². The second kappa shape index (κ2) is 8.43. The molecule has 0 bridgehead atoms. The summed E-state index contributed by atoms with van der Waals surface area (Å²) < 4.78 is 32.6. The standard InChI is InChI=1S/C20H17F2N3O3/c1-2-28-15-6-3-13(4-7-15)18-10-20(27)25(12-23-18)11-19(26)24-14-5-8-16(21)17(22)9-14/h3-10,12H,2,11H2,1H3,(H,24,26). The first kappa shape index (κ1) is 19.2. The fraction of sp³-hybridized carbons (Fsp3) is 0.150. The number of nitrogens with zero attached hydrogens (tertiary/aromatic N) is 2. The zero-order chi connectivity index (χ0) is 20.1. The van der Waals surface area contributed by atoms with Gasteiger partial charge in [0, 0.05) is 23.4 Å². The smallest absolute Gasteiger partial charge is 0.254 e. The van der Waals surface area contributed by atoms with Crippen molar-refractivity contribution in [1.29, 1.82) is 0 Å². The minimum absolute atomic E-state index is 0.0934. The van der Waals surface area contributed by atoms with Crippen molar-refractivity contribution in [2.24, 2.45) is 0 Å². The first-order chi connectivity index (χ1) is 13.5. The number of halogens is 2. The van der Waals surface area contributed by atoms with E-state index in [9.17, 15) is 18.4 Å². The summed E-state index contributed by atoms with van der Waals surface area (Å²) in [5.74, 6) is -1.93. The molecule has 3 aromatic rings. The Bertz CT molecular complexity index is 1050. The maximum Gasteiger partial charge on any atom is 0.254 e. The Labute approximate surface area is 159 Å². The van der Waals surface area contributed by atoms with E-state index in [-0.39, 0.29) is 12.2 Å². The van der Waals surface area contributed by atoms with Crippen LogP contribution in [0.1, 0.15) is 6.92 Å². The number of hydrogen-bond donors (Lipinski definition) is 1. The lowest BCUT2D eigenvalue weighted by Gasteiger charge is -2.09. The monoisotopic (exact) mass is 385 g/mol. The third-order valence-electron chi connectivity index (χ3n) is 3.86. The van der Waals surface area contributed by atoms with Gasteiger partial charge in [0.15, 0.2) is 11.6 Å². The maximum atomic E-state index is 13.2. The molecule has 0 atom stereocenters. The van der Waals surface area contributed by atoms with E-state index in [1.807, 2.05) is 6.92 Å². The molecular weight excluding hydrogens is 368 g/mol. The van der Waals surface area contributed by atoms with Crippen molar-refractivity contribution in [2.75, 3.05) is 11.9 Å². The van der Waals surface area contributed by atoms with Gasteiger partial charge in [-0.1, -0.05) is 0 Å². The number of amides is 1. The molecule has 144 valence electrons. The Balaban J connectivity index is 1.70.